The van der Waals surface area contributed by atoms with E-state index >= 15 is 0 Å². The Bertz CT molecular complexity index is 572. The SMILES string of the molecule is CCOC(=O)/C=C1\C(=O)c2cccc(OC)c2CC1C. The van der Waals surface area contributed by atoms with Crippen molar-refractivity contribution in [2.24, 2.45) is 5.92 Å². The number of esters is 1. The lowest BCUT2D eigenvalue weighted by Gasteiger charge is -2.25. The molecule has 1 aromatic carbocycles. The van der Waals surface area contributed by atoms with Crippen LogP contribution in [0.1, 0.15) is 29.8 Å². The summed E-state index contributed by atoms with van der Waals surface area (Å²) in [6.45, 7) is 3.97. The predicted octanol–water partition coefficient (Wildman–Crippen LogP) is 2.56. The zero-order valence-corrected chi connectivity index (χ0v) is 11.9. The minimum atomic E-state index is -0.464. The standard InChI is InChI=1S/C16H18O4/c1-4-20-15(17)9-12-10(2)8-13-11(16(12)18)6-5-7-14(13)19-3/h5-7,9-10H,4,8H2,1-3H3/b12-9-. The maximum atomic E-state index is 12.5. The van der Waals surface area contributed by atoms with Crippen LogP contribution in [0, 0.1) is 5.92 Å². The van der Waals surface area contributed by atoms with Crippen LogP contribution in [-0.2, 0) is 16.0 Å². The monoisotopic (exact) mass is 274 g/mol. The van der Waals surface area contributed by atoms with E-state index in [1.54, 1.807) is 26.2 Å². The van der Waals surface area contributed by atoms with E-state index in [0.717, 1.165) is 11.3 Å². The highest BCUT2D eigenvalue weighted by molar-refractivity contribution is 6.13. The summed E-state index contributed by atoms with van der Waals surface area (Å²) in [6.07, 6.45) is 2.00. The molecule has 0 heterocycles. The highest BCUT2D eigenvalue weighted by Crippen LogP contribution is 2.34. The normalized spacial score (nSPS) is 19.6. The Morgan fingerprint density at radius 1 is 1.45 bits per heavy atom. The number of hydrogen-bond acceptors (Lipinski definition) is 4. The summed E-state index contributed by atoms with van der Waals surface area (Å²) in [5, 5.41) is 0. The van der Waals surface area contributed by atoms with Gasteiger partial charge in [-0.25, -0.2) is 4.79 Å². The van der Waals surface area contributed by atoms with Gasteiger partial charge in [-0.3, -0.25) is 4.79 Å². The van der Waals surface area contributed by atoms with E-state index in [1.165, 1.54) is 6.08 Å². The molecule has 1 aromatic rings. The molecule has 0 fully saturated rings. The second-order valence-corrected chi connectivity index (χ2v) is 4.77. The van der Waals surface area contributed by atoms with Crippen LogP contribution in [0.5, 0.6) is 5.75 Å². The molecule has 0 bridgehead atoms. The lowest BCUT2D eigenvalue weighted by atomic mass is 9.79. The molecule has 2 rings (SSSR count). The molecule has 1 aliphatic rings. The summed E-state index contributed by atoms with van der Waals surface area (Å²) in [4.78, 5) is 24.1. The second-order valence-electron chi connectivity index (χ2n) is 4.77. The number of carbonyl (C=O) groups is 2. The highest BCUT2D eigenvalue weighted by atomic mass is 16.5. The van der Waals surface area contributed by atoms with Crippen LogP contribution >= 0.6 is 0 Å². The maximum Gasteiger partial charge on any atom is 0.331 e. The zero-order chi connectivity index (χ0) is 14.7. The molecule has 1 atom stereocenters. The Hall–Kier alpha value is -2.10. The van der Waals surface area contributed by atoms with Crippen molar-refractivity contribution in [3.63, 3.8) is 0 Å². The zero-order valence-electron chi connectivity index (χ0n) is 11.9. The summed E-state index contributed by atoms with van der Waals surface area (Å²) < 4.78 is 10.2. The van der Waals surface area contributed by atoms with Crippen molar-refractivity contribution in [3.8, 4) is 5.75 Å². The molecule has 0 N–H and O–H groups in total. The van der Waals surface area contributed by atoms with Crippen molar-refractivity contribution in [3.05, 3.63) is 41.0 Å². The molecule has 0 amide bonds. The fourth-order valence-corrected chi connectivity index (χ4v) is 2.49. The van der Waals surface area contributed by atoms with Crippen molar-refractivity contribution in [2.45, 2.75) is 20.3 Å². The molecule has 4 heteroatoms. The molecular formula is C16H18O4. The van der Waals surface area contributed by atoms with Crippen LogP contribution in [0.2, 0.25) is 0 Å². The number of carbonyl (C=O) groups excluding carboxylic acids is 2. The number of Topliss-reactive ketones (excluding diaryl/α,β-unsaturated/α-hetero) is 1. The van der Waals surface area contributed by atoms with Crippen molar-refractivity contribution in [1.82, 2.24) is 0 Å². The molecule has 106 valence electrons. The van der Waals surface area contributed by atoms with E-state index in [2.05, 4.69) is 0 Å². The van der Waals surface area contributed by atoms with Gasteiger partial charge in [-0.05, 0) is 25.3 Å². The van der Waals surface area contributed by atoms with Gasteiger partial charge in [0.25, 0.3) is 0 Å². The number of fused-ring (bicyclic) bond motifs is 1. The van der Waals surface area contributed by atoms with Gasteiger partial charge in [0.1, 0.15) is 5.75 Å². The van der Waals surface area contributed by atoms with Crippen molar-refractivity contribution in [1.29, 1.82) is 0 Å². The van der Waals surface area contributed by atoms with Crippen LogP contribution in [0.15, 0.2) is 29.8 Å². The first kappa shape index (κ1) is 14.3. The van der Waals surface area contributed by atoms with E-state index in [0.29, 0.717) is 24.2 Å². The molecule has 0 aliphatic heterocycles. The number of methoxy groups -OCH3 is 1. The predicted molar refractivity (Wildman–Crippen MR) is 74.9 cm³/mol. The van der Waals surface area contributed by atoms with Gasteiger partial charge in [0, 0.05) is 22.8 Å². The first-order valence-corrected chi connectivity index (χ1v) is 6.67. The van der Waals surface area contributed by atoms with Crippen LogP contribution in [0.4, 0.5) is 0 Å². The number of ketones is 1. The number of rotatable bonds is 3. The van der Waals surface area contributed by atoms with Crippen LogP contribution < -0.4 is 4.74 Å². The third-order valence-corrected chi connectivity index (χ3v) is 3.46. The molecular weight excluding hydrogens is 256 g/mol. The molecule has 0 radical (unpaired) electrons. The fourth-order valence-electron chi connectivity index (χ4n) is 2.49. The summed E-state index contributed by atoms with van der Waals surface area (Å²) in [6, 6.07) is 5.40. The molecule has 4 nitrogen and oxygen atoms in total. The second kappa shape index (κ2) is 5.90. The molecule has 1 aliphatic carbocycles. The fraction of sp³-hybridized carbons (Fsp3) is 0.375. The Labute approximate surface area is 118 Å². The summed E-state index contributed by atoms with van der Waals surface area (Å²) in [5.74, 6) is 0.105. The van der Waals surface area contributed by atoms with Crippen LogP contribution in [0.25, 0.3) is 0 Å². The van der Waals surface area contributed by atoms with E-state index in [4.69, 9.17) is 9.47 Å². The van der Waals surface area contributed by atoms with Gasteiger partial charge in [-0.2, -0.15) is 0 Å². The third-order valence-electron chi connectivity index (χ3n) is 3.46. The quantitative estimate of drug-likeness (QED) is 0.628. The Kier molecular flexibility index (Phi) is 4.23. The van der Waals surface area contributed by atoms with Crippen molar-refractivity contribution >= 4 is 11.8 Å². The van der Waals surface area contributed by atoms with E-state index in [9.17, 15) is 9.59 Å². The Morgan fingerprint density at radius 2 is 2.20 bits per heavy atom. The average molecular weight is 274 g/mol. The van der Waals surface area contributed by atoms with Crippen molar-refractivity contribution < 1.29 is 19.1 Å². The summed E-state index contributed by atoms with van der Waals surface area (Å²) in [7, 11) is 1.59. The van der Waals surface area contributed by atoms with Gasteiger partial charge in [-0.1, -0.05) is 19.1 Å². The van der Waals surface area contributed by atoms with E-state index < -0.39 is 5.97 Å². The molecule has 0 spiro atoms. The summed E-state index contributed by atoms with van der Waals surface area (Å²) in [5.41, 5.74) is 2.02. The molecule has 0 saturated carbocycles. The maximum absolute atomic E-state index is 12.5. The van der Waals surface area contributed by atoms with Crippen LogP contribution in [-0.4, -0.2) is 25.5 Å². The molecule has 0 aromatic heterocycles. The van der Waals surface area contributed by atoms with E-state index in [1.807, 2.05) is 13.0 Å². The van der Waals surface area contributed by atoms with Crippen molar-refractivity contribution in [2.75, 3.05) is 13.7 Å². The van der Waals surface area contributed by atoms with Gasteiger partial charge in [-0.15, -0.1) is 0 Å². The van der Waals surface area contributed by atoms with Gasteiger partial charge in [0.2, 0.25) is 0 Å². The highest BCUT2D eigenvalue weighted by Gasteiger charge is 2.30. The van der Waals surface area contributed by atoms with Gasteiger partial charge >= 0.3 is 5.97 Å². The smallest absolute Gasteiger partial charge is 0.331 e. The first-order valence-electron chi connectivity index (χ1n) is 6.67. The lowest BCUT2D eigenvalue weighted by Crippen LogP contribution is -2.23. The lowest BCUT2D eigenvalue weighted by molar-refractivity contribution is -0.137. The number of ether oxygens (including phenoxy) is 2. The number of allylic oxidation sites excluding steroid dienone is 1. The van der Waals surface area contributed by atoms with Gasteiger partial charge in [0.05, 0.1) is 13.7 Å². The minimum absolute atomic E-state index is 0.0318. The first-order chi connectivity index (χ1) is 9.58. The largest absolute Gasteiger partial charge is 0.496 e. The van der Waals surface area contributed by atoms with Gasteiger partial charge in [0.15, 0.2) is 5.78 Å². The number of benzene rings is 1. The molecule has 20 heavy (non-hydrogen) atoms. The van der Waals surface area contributed by atoms with Crippen LogP contribution in [0.3, 0.4) is 0 Å². The third kappa shape index (κ3) is 2.59. The topological polar surface area (TPSA) is 52.6 Å². The number of hydrogen-bond donors (Lipinski definition) is 0. The average Bonchev–Trinajstić information content (AvgIpc) is 2.43. The Morgan fingerprint density at radius 3 is 2.85 bits per heavy atom. The van der Waals surface area contributed by atoms with Gasteiger partial charge < -0.3 is 9.47 Å². The molecule has 1 unspecified atom stereocenters. The summed E-state index contributed by atoms with van der Waals surface area (Å²) >= 11 is 0. The minimum Gasteiger partial charge on any atom is -0.496 e. The Balaban J connectivity index is 2.42. The molecule has 0 saturated heterocycles. The van der Waals surface area contributed by atoms with E-state index in [-0.39, 0.29) is 11.7 Å².